The van der Waals surface area contributed by atoms with E-state index in [1.165, 1.54) is 0 Å². The van der Waals surface area contributed by atoms with E-state index in [-0.39, 0.29) is 0 Å². The lowest BCUT2D eigenvalue weighted by molar-refractivity contribution is 0.0697. The van der Waals surface area contributed by atoms with Gasteiger partial charge in [-0.05, 0) is 36.8 Å². The molecule has 0 bridgehead atoms. The lowest BCUT2D eigenvalue weighted by atomic mass is 10.0. The van der Waals surface area contributed by atoms with Crippen molar-refractivity contribution in [2.45, 2.75) is 6.92 Å². The van der Waals surface area contributed by atoms with Gasteiger partial charge in [0.1, 0.15) is 0 Å². The van der Waals surface area contributed by atoms with Crippen molar-refractivity contribution < 1.29 is 9.90 Å². The maximum atomic E-state index is 11.0. The molecular formula is C17H13NO2. The first kappa shape index (κ1) is 12.4. The number of aromatic carboxylic acids is 1. The number of carboxylic acids is 1. The van der Waals surface area contributed by atoms with Crippen molar-refractivity contribution in [3.63, 3.8) is 0 Å². The molecule has 20 heavy (non-hydrogen) atoms. The molecule has 98 valence electrons. The molecule has 1 aromatic heterocycles. The van der Waals surface area contributed by atoms with Gasteiger partial charge in [-0.25, -0.2) is 9.78 Å². The summed E-state index contributed by atoms with van der Waals surface area (Å²) in [4.78, 5) is 15.6. The van der Waals surface area contributed by atoms with Crippen molar-refractivity contribution in [2.75, 3.05) is 0 Å². The Morgan fingerprint density at radius 1 is 1.05 bits per heavy atom. The number of benzene rings is 2. The summed E-state index contributed by atoms with van der Waals surface area (Å²) in [6.45, 7) is 1.90. The van der Waals surface area contributed by atoms with Crippen molar-refractivity contribution in [3.8, 4) is 11.3 Å². The van der Waals surface area contributed by atoms with E-state index in [1.807, 2.05) is 49.4 Å². The van der Waals surface area contributed by atoms with Crippen LogP contribution in [0.25, 0.3) is 22.2 Å². The smallest absolute Gasteiger partial charge is 0.335 e. The van der Waals surface area contributed by atoms with E-state index in [4.69, 9.17) is 5.11 Å². The Kier molecular flexibility index (Phi) is 2.95. The third kappa shape index (κ3) is 2.14. The number of carbonyl (C=O) groups is 1. The Morgan fingerprint density at radius 2 is 1.85 bits per heavy atom. The number of hydrogen-bond acceptors (Lipinski definition) is 2. The van der Waals surface area contributed by atoms with Crippen molar-refractivity contribution in [2.24, 2.45) is 0 Å². The maximum Gasteiger partial charge on any atom is 0.335 e. The monoisotopic (exact) mass is 263 g/mol. The zero-order chi connectivity index (χ0) is 14.1. The number of fused-ring (bicyclic) bond motifs is 1. The molecular weight excluding hydrogens is 250 g/mol. The quantitative estimate of drug-likeness (QED) is 0.762. The molecule has 1 heterocycles. The van der Waals surface area contributed by atoms with Gasteiger partial charge in [0.25, 0.3) is 0 Å². The predicted molar refractivity (Wildman–Crippen MR) is 78.9 cm³/mol. The van der Waals surface area contributed by atoms with E-state index < -0.39 is 5.97 Å². The number of hydrogen-bond donors (Lipinski definition) is 1. The summed E-state index contributed by atoms with van der Waals surface area (Å²) in [6.07, 6.45) is 0. The first-order valence-electron chi connectivity index (χ1n) is 6.35. The van der Waals surface area contributed by atoms with Gasteiger partial charge < -0.3 is 5.11 Å². The molecule has 3 heteroatoms. The van der Waals surface area contributed by atoms with Crippen LogP contribution >= 0.6 is 0 Å². The largest absolute Gasteiger partial charge is 0.478 e. The van der Waals surface area contributed by atoms with Crippen LogP contribution < -0.4 is 0 Å². The fraction of sp³-hybridized carbons (Fsp3) is 0.0588. The number of aryl methyl sites for hydroxylation is 1. The fourth-order valence-electron chi connectivity index (χ4n) is 2.30. The first-order chi connectivity index (χ1) is 9.65. The molecule has 0 fully saturated rings. The van der Waals surface area contributed by atoms with Gasteiger partial charge in [0, 0.05) is 10.9 Å². The minimum absolute atomic E-state index is 0.298. The molecule has 0 aliphatic carbocycles. The predicted octanol–water partition coefficient (Wildman–Crippen LogP) is 3.91. The highest BCUT2D eigenvalue weighted by Gasteiger charge is 2.08. The second kappa shape index (κ2) is 4.78. The molecule has 0 aliphatic heterocycles. The van der Waals surface area contributed by atoms with Crippen LogP contribution in [-0.4, -0.2) is 16.1 Å². The third-order valence-electron chi connectivity index (χ3n) is 3.35. The van der Waals surface area contributed by atoms with Gasteiger partial charge in [-0.2, -0.15) is 0 Å². The topological polar surface area (TPSA) is 50.2 Å². The Balaban J connectivity index is 2.13. The number of carboxylic acid groups (broad SMARTS) is 1. The SMILES string of the molecule is Cc1cc(C(=O)O)ccc1-c1ccc2ccccc2n1. The Hall–Kier alpha value is -2.68. The van der Waals surface area contributed by atoms with Gasteiger partial charge in [-0.15, -0.1) is 0 Å². The van der Waals surface area contributed by atoms with E-state index >= 15 is 0 Å². The molecule has 0 unspecified atom stereocenters. The molecule has 3 nitrogen and oxygen atoms in total. The number of para-hydroxylation sites is 1. The van der Waals surface area contributed by atoms with Crippen LogP contribution in [-0.2, 0) is 0 Å². The Bertz CT molecular complexity index is 809. The highest BCUT2D eigenvalue weighted by molar-refractivity contribution is 5.89. The van der Waals surface area contributed by atoms with Crippen molar-refractivity contribution in [1.29, 1.82) is 0 Å². The van der Waals surface area contributed by atoms with Crippen LogP contribution in [0.3, 0.4) is 0 Å². The standard InChI is InChI=1S/C17H13NO2/c1-11-10-13(17(19)20)6-8-14(11)16-9-7-12-4-2-3-5-15(12)18-16/h2-10H,1H3,(H,19,20). The minimum atomic E-state index is -0.911. The summed E-state index contributed by atoms with van der Waals surface area (Å²) in [5.74, 6) is -0.911. The first-order valence-corrected chi connectivity index (χ1v) is 6.35. The summed E-state index contributed by atoms with van der Waals surface area (Å²) in [6, 6.07) is 17.0. The lowest BCUT2D eigenvalue weighted by Crippen LogP contribution is -1.97. The maximum absolute atomic E-state index is 11.0. The molecule has 2 aromatic carbocycles. The normalized spacial score (nSPS) is 10.7. The van der Waals surface area contributed by atoms with Crippen LogP contribution in [0.5, 0.6) is 0 Å². The molecule has 0 amide bonds. The van der Waals surface area contributed by atoms with Gasteiger partial charge in [0.15, 0.2) is 0 Å². The zero-order valence-corrected chi connectivity index (χ0v) is 11.0. The van der Waals surface area contributed by atoms with E-state index in [0.29, 0.717) is 5.56 Å². The zero-order valence-electron chi connectivity index (χ0n) is 11.0. The van der Waals surface area contributed by atoms with Crippen LogP contribution in [0.1, 0.15) is 15.9 Å². The van der Waals surface area contributed by atoms with Gasteiger partial charge in [-0.1, -0.05) is 30.3 Å². The van der Waals surface area contributed by atoms with Crippen LogP contribution in [0.2, 0.25) is 0 Å². The molecule has 0 spiro atoms. The molecule has 0 saturated carbocycles. The molecule has 3 rings (SSSR count). The summed E-state index contributed by atoms with van der Waals surface area (Å²) >= 11 is 0. The minimum Gasteiger partial charge on any atom is -0.478 e. The highest BCUT2D eigenvalue weighted by Crippen LogP contribution is 2.24. The molecule has 0 radical (unpaired) electrons. The van der Waals surface area contributed by atoms with Crippen LogP contribution in [0.4, 0.5) is 0 Å². The molecule has 1 N–H and O–H groups in total. The van der Waals surface area contributed by atoms with Crippen LogP contribution in [0, 0.1) is 6.92 Å². The Morgan fingerprint density at radius 3 is 2.60 bits per heavy atom. The number of nitrogens with zero attached hydrogens (tertiary/aromatic N) is 1. The number of rotatable bonds is 2. The highest BCUT2D eigenvalue weighted by atomic mass is 16.4. The van der Waals surface area contributed by atoms with Crippen molar-refractivity contribution in [3.05, 3.63) is 65.7 Å². The lowest BCUT2D eigenvalue weighted by Gasteiger charge is -2.07. The number of pyridine rings is 1. The van der Waals surface area contributed by atoms with E-state index in [2.05, 4.69) is 4.98 Å². The van der Waals surface area contributed by atoms with Gasteiger partial charge in [-0.3, -0.25) is 0 Å². The third-order valence-corrected chi connectivity index (χ3v) is 3.35. The molecule has 0 saturated heterocycles. The second-order valence-corrected chi connectivity index (χ2v) is 4.72. The molecule has 3 aromatic rings. The summed E-state index contributed by atoms with van der Waals surface area (Å²) < 4.78 is 0. The fourth-order valence-corrected chi connectivity index (χ4v) is 2.30. The van der Waals surface area contributed by atoms with Crippen LogP contribution in [0.15, 0.2) is 54.6 Å². The average Bonchev–Trinajstić information content (AvgIpc) is 2.46. The molecule has 0 aliphatic rings. The summed E-state index contributed by atoms with van der Waals surface area (Å²) in [5, 5.41) is 10.1. The summed E-state index contributed by atoms with van der Waals surface area (Å²) in [5.41, 5.74) is 3.96. The van der Waals surface area contributed by atoms with E-state index in [0.717, 1.165) is 27.7 Å². The summed E-state index contributed by atoms with van der Waals surface area (Å²) in [7, 11) is 0. The average molecular weight is 263 g/mol. The van der Waals surface area contributed by atoms with Crippen molar-refractivity contribution >= 4 is 16.9 Å². The van der Waals surface area contributed by atoms with Gasteiger partial charge >= 0.3 is 5.97 Å². The van der Waals surface area contributed by atoms with Gasteiger partial charge in [0.2, 0.25) is 0 Å². The van der Waals surface area contributed by atoms with Crippen molar-refractivity contribution in [1.82, 2.24) is 4.98 Å². The second-order valence-electron chi connectivity index (χ2n) is 4.72. The molecule has 0 atom stereocenters. The number of aromatic nitrogens is 1. The van der Waals surface area contributed by atoms with E-state index in [1.54, 1.807) is 12.1 Å². The van der Waals surface area contributed by atoms with Gasteiger partial charge in [0.05, 0.1) is 16.8 Å². The Labute approximate surface area is 116 Å². The van der Waals surface area contributed by atoms with E-state index in [9.17, 15) is 4.79 Å².